The maximum absolute atomic E-state index is 13.5. The minimum absolute atomic E-state index is 0.0568. The van der Waals surface area contributed by atoms with Gasteiger partial charge in [-0.2, -0.15) is 0 Å². The quantitative estimate of drug-likeness (QED) is 0.232. The standard InChI is InChI=1S/C33H28ClFN4O4S/c1-38-19-17-28-29-20-23(22-4-9-25(35)10-5-22)6-15-30(29)39(31(28)32(38)40)26-11-2-21(3-12-26)16-18-36-33(41)37-44(42,43)27-13-7-24(34)8-14-27/h2-15,20H,16-19H2,1H3,(H2,36,37,41). The van der Waals surface area contributed by atoms with Gasteiger partial charge in [0.1, 0.15) is 11.5 Å². The monoisotopic (exact) mass is 630 g/mol. The number of nitrogens with one attached hydrogen (secondary N) is 2. The summed E-state index contributed by atoms with van der Waals surface area (Å²) in [6.07, 6.45) is 1.18. The Bertz CT molecular complexity index is 1990. The molecule has 44 heavy (non-hydrogen) atoms. The van der Waals surface area contributed by atoms with E-state index in [2.05, 4.69) is 11.4 Å². The normalized spacial score (nSPS) is 13.2. The molecule has 0 bridgehead atoms. The Morgan fingerprint density at radius 1 is 0.932 bits per heavy atom. The molecule has 0 fully saturated rings. The first kappa shape index (κ1) is 29.4. The average molecular weight is 631 g/mol. The molecule has 1 aliphatic heterocycles. The number of aromatic nitrogens is 1. The summed E-state index contributed by atoms with van der Waals surface area (Å²) in [5.74, 6) is -0.352. The summed E-state index contributed by atoms with van der Waals surface area (Å²) >= 11 is 5.81. The van der Waals surface area contributed by atoms with Gasteiger partial charge in [0.25, 0.3) is 15.9 Å². The van der Waals surface area contributed by atoms with Crippen molar-refractivity contribution in [3.8, 4) is 16.8 Å². The fourth-order valence-electron chi connectivity index (χ4n) is 5.45. The van der Waals surface area contributed by atoms with Crippen LogP contribution in [0.25, 0.3) is 27.7 Å². The van der Waals surface area contributed by atoms with E-state index in [9.17, 15) is 22.4 Å². The lowest BCUT2D eigenvalue weighted by atomic mass is 9.99. The van der Waals surface area contributed by atoms with E-state index in [1.54, 1.807) is 24.1 Å². The Morgan fingerprint density at radius 2 is 1.61 bits per heavy atom. The van der Waals surface area contributed by atoms with Crippen LogP contribution in [0.4, 0.5) is 9.18 Å². The number of carbonyl (C=O) groups is 2. The van der Waals surface area contributed by atoms with Gasteiger partial charge in [-0.1, -0.05) is 41.9 Å². The number of benzene rings is 4. The van der Waals surface area contributed by atoms with Gasteiger partial charge in [-0.05, 0) is 95.8 Å². The zero-order valence-corrected chi connectivity index (χ0v) is 25.3. The second-order valence-corrected chi connectivity index (χ2v) is 12.7. The molecule has 0 radical (unpaired) electrons. The van der Waals surface area contributed by atoms with Crippen molar-refractivity contribution in [2.75, 3.05) is 20.1 Å². The predicted molar refractivity (Wildman–Crippen MR) is 168 cm³/mol. The van der Waals surface area contributed by atoms with Crippen molar-refractivity contribution in [3.63, 3.8) is 0 Å². The van der Waals surface area contributed by atoms with Gasteiger partial charge in [0, 0.05) is 36.2 Å². The number of nitrogens with zero attached hydrogens (tertiary/aromatic N) is 2. The topological polar surface area (TPSA) is 101 Å². The third kappa shape index (κ3) is 5.78. The molecule has 4 aromatic carbocycles. The van der Waals surface area contributed by atoms with Crippen LogP contribution in [0.2, 0.25) is 5.02 Å². The number of hydrogen-bond acceptors (Lipinski definition) is 4. The first-order valence-electron chi connectivity index (χ1n) is 13.9. The number of rotatable bonds is 7. The number of carbonyl (C=O) groups excluding carboxylic acids is 2. The molecule has 0 saturated carbocycles. The van der Waals surface area contributed by atoms with Gasteiger partial charge in [0.15, 0.2) is 0 Å². The molecule has 11 heteroatoms. The second-order valence-electron chi connectivity index (χ2n) is 10.6. The maximum Gasteiger partial charge on any atom is 0.328 e. The van der Waals surface area contributed by atoms with Crippen molar-refractivity contribution < 1.29 is 22.4 Å². The van der Waals surface area contributed by atoms with Crippen LogP contribution in [-0.4, -0.2) is 50.0 Å². The fourth-order valence-corrected chi connectivity index (χ4v) is 6.50. The summed E-state index contributed by atoms with van der Waals surface area (Å²) in [6, 6.07) is 24.8. The van der Waals surface area contributed by atoms with Crippen molar-refractivity contribution in [3.05, 3.63) is 119 Å². The molecule has 6 rings (SSSR count). The lowest BCUT2D eigenvalue weighted by Gasteiger charge is -2.24. The van der Waals surface area contributed by atoms with Crippen molar-refractivity contribution in [1.29, 1.82) is 0 Å². The van der Waals surface area contributed by atoms with Crippen LogP contribution in [0, 0.1) is 5.82 Å². The van der Waals surface area contributed by atoms with E-state index in [0.717, 1.165) is 38.8 Å². The Balaban J connectivity index is 1.21. The summed E-state index contributed by atoms with van der Waals surface area (Å²) in [7, 11) is -2.23. The number of likely N-dealkylation sites (N-methyl/N-ethyl adjacent to an activating group) is 1. The Kier molecular flexibility index (Phi) is 7.87. The smallest absolute Gasteiger partial charge is 0.328 e. The van der Waals surface area contributed by atoms with Gasteiger partial charge in [0.05, 0.1) is 10.4 Å². The molecule has 0 atom stereocenters. The van der Waals surface area contributed by atoms with Crippen LogP contribution in [0.5, 0.6) is 0 Å². The zero-order chi connectivity index (χ0) is 31.0. The molecule has 5 aromatic rings. The second kappa shape index (κ2) is 11.8. The number of sulfonamides is 1. The average Bonchev–Trinajstić information content (AvgIpc) is 3.34. The Hall–Kier alpha value is -4.67. The van der Waals surface area contributed by atoms with Crippen molar-refractivity contribution in [2.24, 2.45) is 0 Å². The van der Waals surface area contributed by atoms with Crippen molar-refractivity contribution in [2.45, 2.75) is 17.7 Å². The zero-order valence-electron chi connectivity index (χ0n) is 23.7. The highest BCUT2D eigenvalue weighted by molar-refractivity contribution is 7.90. The lowest BCUT2D eigenvalue weighted by Crippen LogP contribution is -2.40. The van der Waals surface area contributed by atoms with Crippen LogP contribution in [0.3, 0.4) is 0 Å². The molecule has 3 amide bonds. The molecule has 0 aliphatic carbocycles. The molecular weight excluding hydrogens is 603 g/mol. The van der Waals surface area contributed by atoms with E-state index in [0.29, 0.717) is 30.1 Å². The van der Waals surface area contributed by atoms with Gasteiger partial charge in [-0.15, -0.1) is 0 Å². The first-order chi connectivity index (χ1) is 21.1. The van der Waals surface area contributed by atoms with E-state index in [1.807, 2.05) is 45.7 Å². The van der Waals surface area contributed by atoms with Gasteiger partial charge in [-0.25, -0.2) is 22.3 Å². The summed E-state index contributed by atoms with van der Waals surface area (Å²) in [5, 5.41) is 3.95. The number of hydrogen-bond donors (Lipinski definition) is 2. The molecule has 8 nitrogen and oxygen atoms in total. The number of urea groups is 1. The third-order valence-corrected chi connectivity index (χ3v) is 9.34. The SMILES string of the molecule is CN1CCc2c(n(-c3ccc(CCNC(=O)NS(=O)(=O)c4ccc(Cl)cc4)cc3)c3ccc(-c4ccc(F)cc4)cc23)C1=O. The van der Waals surface area contributed by atoms with Crippen LogP contribution in [0.1, 0.15) is 21.6 Å². The van der Waals surface area contributed by atoms with E-state index >= 15 is 0 Å². The molecule has 0 unspecified atom stereocenters. The van der Waals surface area contributed by atoms with E-state index in [-0.39, 0.29) is 23.2 Å². The molecule has 0 spiro atoms. The highest BCUT2D eigenvalue weighted by Gasteiger charge is 2.30. The lowest BCUT2D eigenvalue weighted by molar-refractivity contribution is 0.0773. The fraction of sp³-hybridized carbons (Fsp3) is 0.152. The van der Waals surface area contributed by atoms with Crippen molar-refractivity contribution in [1.82, 2.24) is 19.5 Å². The Morgan fingerprint density at radius 3 is 2.32 bits per heavy atom. The molecule has 1 aliphatic rings. The minimum Gasteiger partial charge on any atom is -0.340 e. The summed E-state index contributed by atoms with van der Waals surface area (Å²) in [5.41, 5.74) is 6.08. The van der Waals surface area contributed by atoms with Gasteiger partial charge in [0.2, 0.25) is 0 Å². The molecule has 0 saturated heterocycles. The van der Waals surface area contributed by atoms with Crippen LogP contribution >= 0.6 is 11.6 Å². The number of amides is 3. The summed E-state index contributed by atoms with van der Waals surface area (Å²) in [6.45, 7) is 0.824. The third-order valence-electron chi connectivity index (χ3n) is 7.74. The first-order valence-corrected chi connectivity index (χ1v) is 15.8. The molecule has 224 valence electrons. The summed E-state index contributed by atoms with van der Waals surface area (Å²) in [4.78, 5) is 27.3. The highest BCUT2D eigenvalue weighted by Crippen LogP contribution is 2.36. The van der Waals surface area contributed by atoms with Crippen LogP contribution < -0.4 is 10.0 Å². The van der Waals surface area contributed by atoms with E-state index < -0.39 is 16.1 Å². The number of fused-ring (bicyclic) bond motifs is 3. The van der Waals surface area contributed by atoms with Crippen LogP contribution in [0.15, 0.2) is 95.9 Å². The maximum atomic E-state index is 13.5. The van der Waals surface area contributed by atoms with Gasteiger partial charge in [-0.3, -0.25) is 4.79 Å². The molecule has 2 N–H and O–H groups in total. The Labute approximate surface area is 259 Å². The highest BCUT2D eigenvalue weighted by atomic mass is 35.5. The molecule has 1 aromatic heterocycles. The van der Waals surface area contributed by atoms with Crippen molar-refractivity contribution >= 4 is 44.5 Å². The summed E-state index contributed by atoms with van der Waals surface area (Å²) < 4.78 is 42.3. The van der Waals surface area contributed by atoms with Crippen LogP contribution in [-0.2, 0) is 22.9 Å². The van der Waals surface area contributed by atoms with Gasteiger partial charge >= 0.3 is 6.03 Å². The van der Waals surface area contributed by atoms with Gasteiger partial charge < -0.3 is 14.8 Å². The van der Waals surface area contributed by atoms with E-state index in [4.69, 9.17) is 11.6 Å². The minimum atomic E-state index is -4.03. The predicted octanol–water partition coefficient (Wildman–Crippen LogP) is 5.95. The van der Waals surface area contributed by atoms with E-state index in [1.165, 1.54) is 36.4 Å². The largest absolute Gasteiger partial charge is 0.340 e. The number of halogens is 2. The molecular formula is C33H28ClFN4O4S. The molecule has 2 heterocycles.